The van der Waals surface area contributed by atoms with E-state index in [0.29, 0.717) is 18.8 Å². The van der Waals surface area contributed by atoms with Gasteiger partial charge in [0.2, 0.25) is 5.82 Å². The maximum atomic E-state index is 10.9. The predicted octanol–water partition coefficient (Wildman–Crippen LogP) is 0.0585. The Hall–Kier alpha value is -2.75. The van der Waals surface area contributed by atoms with E-state index in [1.54, 1.807) is 10.9 Å². The van der Waals surface area contributed by atoms with Crippen molar-refractivity contribution in [3.63, 3.8) is 0 Å². The van der Waals surface area contributed by atoms with Gasteiger partial charge in [0.15, 0.2) is 0 Å². The number of hydrogen-bond donors (Lipinski definition) is 3. The molecule has 0 aliphatic rings. The first kappa shape index (κ1) is 13.7. The van der Waals surface area contributed by atoms with Crippen LogP contribution in [-0.4, -0.2) is 31.2 Å². The van der Waals surface area contributed by atoms with E-state index in [-0.39, 0.29) is 11.5 Å². The molecule has 106 valence electrons. The fourth-order valence-corrected chi connectivity index (χ4v) is 1.64. The third-order valence-electron chi connectivity index (χ3n) is 2.66. The number of nitrogens with one attached hydrogen (secondary N) is 2. The summed E-state index contributed by atoms with van der Waals surface area (Å²) in [4.78, 5) is 14.4. The van der Waals surface area contributed by atoms with Crippen LogP contribution in [0.25, 0.3) is 0 Å². The minimum absolute atomic E-state index is 0.109. The van der Waals surface area contributed by atoms with Crippen LogP contribution in [-0.2, 0) is 13.5 Å². The molecular weight excluding hydrogens is 264 g/mol. The molecule has 0 aliphatic carbocycles. The van der Waals surface area contributed by atoms with Gasteiger partial charge in [-0.15, -0.1) is 10.2 Å². The van der Waals surface area contributed by atoms with E-state index >= 15 is 0 Å². The summed E-state index contributed by atoms with van der Waals surface area (Å²) in [6, 6.07) is 2.78. The van der Waals surface area contributed by atoms with Gasteiger partial charge in [-0.3, -0.25) is 10.1 Å². The molecule has 0 radical (unpaired) electrons. The molecule has 10 nitrogen and oxygen atoms in total. The van der Waals surface area contributed by atoms with Crippen molar-refractivity contribution in [2.45, 2.75) is 6.42 Å². The number of anilines is 2. The number of nitro groups is 1. The second-order valence-electron chi connectivity index (χ2n) is 4.00. The summed E-state index contributed by atoms with van der Waals surface area (Å²) in [6.07, 6.45) is 2.16. The molecule has 2 rings (SSSR count). The summed E-state index contributed by atoms with van der Waals surface area (Å²) in [6.45, 7) is 0.439. The zero-order valence-corrected chi connectivity index (χ0v) is 10.8. The maximum Gasteiger partial charge on any atom is 0.311 e. The summed E-state index contributed by atoms with van der Waals surface area (Å²) < 4.78 is 1.78. The number of rotatable bonds is 6. The molecule has 0 unspecified atom stereocenters. The first-order chi connectivity index (χ1) is 9.61. The highest BCUT2D eigenvalue weighted by Crippen LogP contribution is 2.23. The topological polar surface area (TPSA) is 137 Å². The summed E-state index contributed by atoms with van der Waals surface area (Å²) in [5, 5.41) is 21.5. The average molecular weight is 278 g/mol. The van der Waals surface area contributed by atoms with Crippen molar-refractivity contribution in [2.24, 2.45) is 12.9 Å². The van der Waals surface area contributed by atoms with Crippen LogP contribution in [0.15, 0.2) is 18.5 Å². The lowest BCUT2D eigenvalue weighted by Crippen LogP contribution is -2.13. The molecule has 2 aromatic heterocycles. The number of aromatic nitrogens is 4. The lowest BCUT2D eigenvalue weighted by molar-refractivity contribution is -0.384. The number of hydrogen-bond acceptors (Lipinski definition) is 8. The van der Waals surface area contributed by atoms with E-state index in [4.69, 9.17) is 5.84 Å². The van der Waals surface area contributed by atoms with Crippen LogP contribution in [0.1, 0.15) is 5.82 Å². The van der Waals surface area contributed by atoms with Crippen LogP contribution in [0.2, 0.25) is 0 Å². The van der Waals surface area contributed by atoms with E-state index in [1.807, 2.05) is 7.05 Å². The van der Waals surface area contributed by atoms with Gasteiger partial charge in [0, 0.05) is 26.1 Å². The molecule has 2 heterocycles. The maximum absolute atomic E-state index is 10.9. The quantitative estimate of drug-likeness (QED) is 0.383. The zero-order chi connectivity index (χ0) is 14.5. The highest BCUT2D eigenvalue weighted by atomic mass is 16.6. The van der Waals surface area contributed by atoms with E-state index < -0.39 is 4.92 Å². The Morgan fingerprint density at radius 1 is 1.50 bits per heavy atom. The molecule has 0 bridgehead atoms. The van der Waals surface area contributed by atoms with Crippen molar-refractivity contribution in [1.82, 2.24) is 19.7 Å². The van der Waals surface area contributed by atoms with Gasteiger partial charge in [-0.1, -0.05) is 0 Å². The standard InChI is InChI=1S/C10H14N8O2/c1-17-6-13-16-9(17)4-5-12-10-7(18(19)20)2-3-8(14-10)15-11/h2-3,6H,4-5,11H2,1H3,(H2,12,14,15). The Bertz CT molecular complexity index is 611. The van der Waals surface area contributed by atoms with Crippen LogP contribution in [0.4, 0.5) is 17.3 Å². The molecule has 20 heavy (non-hydrogen) atoms. The van der Waals surface area contributed by atoms with Gasteiger partial charge in [-0.2, -0.15) is 0 Å². The zero-order valence-electron chi connectivity index (χ0n) is 10.8. The number of nitrogens with zero attached hydrogens (tertiary/aromatic N) is 5. The van der Waals surface area contributed by atoms with Crippen molar-refractivity contribution in [3.8, 4) is 0 Å². The minimum atomic E-state index is -0.502. The molecule has 10 heteroatoms. The second-order valence-corrected chi connectivity index (χ2v) is 4.00. The highest BCUT2D eigenvalue weighted by molar-refractivity contribution is 5.59. The molecule has 0 amide bonds. The van der Waals surface area contributed by atoms with Gasteiger partial charge >= 0.3 is 5.69 Å². The van der Waals surface area contributed by atoms with Crippen molar-refractivity contribution < 1.29 is 4.92 Å². The highest BCUT2D eigenvalue weighted by Gasteiger charge is 2.15. The Morgan fingerprint density at radius 2 is 2.30 bits per heavy atom. The number of nitrogen functional groups attached to an aromatic ring is 1. The van der Waals surface area contributed by atoms with Gasteiger partial charge in [0.05, 0.1) is 4.92 Å². The number of nitrogens with two attached hydrogens (primary N) is 1. The summed E-state index contributed by atoms with van der Waals surface area (Å²) in [5.74, 6) is 6.51. The predicted molar refractivity (Wildman–Crippen MR) is 71.9 cm³/mol. The van der Waals surface area contributed by atoms with Crippen LogP contribution < -0.4 is 16.6 Å². The number of aryl methyl sites for hydroxylation is 1. The Kier molecular flexibility index (Phi) is 4.05. The van der Waals surface area contributed by atoms with E-state index in [1.165, 1.54) is 12.1 Å². The lowest BCUT2D eigenvalue weighted by Gasteiger charge is -2.07. The van der Waals surface area contributed by atoms with Crippen LogP contribution >= 0.6 is 0 Å². The van der Waals surface area contributed by atoms with Crippen molar-refractivity contribution in [3.05, 3.63) is 34.4 Å². The van der Waals surface area contributed by atoms with Gasteiger partial charge < -0.3 is 15.3 Å². The smallest absolute Gasteiger partial charge is 0.311 e. The minimum Gasteiger partial charge on any atom is -0.364 e. The fraction of sp³-hybridized carbons (Fsp3) is 0.300. The van der Waals surface area contributed by atoms with Gasteiger partial charge in [-0.05, 0) is 6.07 Å². The van der Waals surface area contributed by atoms with Crippen LogP contribution in [0.3, 0.4) is 0 Å². The second kappa shape index (κ2) is 5.93. The SMILES string of the molecule is Cn1cnnc1CCNc1nc(NN)ccc1[N+](=O)[O-]. The Balaban J connectivity index is 2.07. The van der Waals surface area contributed by atoms with E-state index in [9.17, 15) is 10.1 Å². The first-order valence-electron chi connectivity index (χ1n) is 5.80. The largest absolute Gasteiger partial charge is 0.364 e. The lowest BCUT2D eigenvalue weighted by atomic mass is 10.3. The molecule has 0 saturated carbocycles. The molecule has 0 spiro atoms. The summed E-state index contributed by atoms with van der Waals surface area (Å²) in [7, 11) is 1.83. The van der Waals surface area contributed by atoms with Crippen molar-refractivity contribution in [2.75, 3.05) is 17.3 Å². The molecule has 0 fully saturated rings. The number of hydrazine groups is 1. The summed E-state index contributed by atoms with van der Waals surface area (Å²) >= 11 is 0. The van der Waals surface area contributed by atoms with Crippen LogP contribution in [0, 0.1) is 10.1 Å². The normalized spacial score (nSPS) is 10.3. The third kappa shape index (κ3) is 2.98. The third-order valence-corrected chi connectivity index (χ3v) is 2.66. The van der Waals surface area contributed by atoms with E-state index in [2.05, 4.69) is 25.9 Å². The molecule has 0 atom stereocenters. The summed E-state index contributed by atoms with van der Waals surface area (Å²) in [5.41, 5.74) is 2.24. The van der Waals surface area contributed by atoms with Gasteiger partial charge in [0.1, 0.15) is 18.0 Å². The van der Waals surface area contributed by atoms with Gasteiger partial charge in [0.25, 0.3) is 0 Å². The Labute approximate surface area is 114 Å². The molecular formula is C10H14N8O2. The molecule has 0 aromatic carbocycles. The molecule has 2 aromatic rings. The average Bonchev–Trinajstić information content (AvgIpc) is 2.84. The Morgan fingerprint density at radius 3 is 2.90 bits per heavy atom. The molecule has 4 N–H and O–H groups in total. The molecule has 0 saturated heterocycles. The van der Waals surface area contributed by atoms with Crippen LogP contribution in [0.5, 0.6) is 0 Å². The first-order valence-corrected chi connectivity index (χ1v) is 5.80. The van der Waals surface area contributed by atoms with E-state index in [0.717, 1.165) is 5.82 Å². The molecule has 0 aliphatic heterocycles. The number of pyridine rings is 1. The fourth-order valence-electron chi connectivity index (χ4n) is 1.64. The van der Waals surface area contributed by atoms with Gasteiger partial charge in [-0.25, -0.2) is 10.8 Å². The van der Waals surface area contributed by atoms with Crippen molar-refractivity contribution in [1.29, 1.82) is 0 Å². The van der Waals surface area contributed by atoms with Crippen molar-refractivity contribution >= 4 is 17.3 Å². The monoisotopic (exact) mass is 278 g/mol.